The lowest BCUT2D eigenvalue weighted by Gasteiger charge is -2.20. The van der Waals surface area contributed by atoms with Crippen molar-refractivity contribution in [1.82, 2.24) is 25.0 Å². The summed E-state index contributed by atoms with van der Waals surface area (Å²) in [5.74, 6) is -3.44. The van der Waals surface area contributed by atoms with Gasteiger partial charge in [-0.1, -0.05) is 0 Å². The van der Waals surface area contributed by atoms with Crippen molar-refractivity contribution in [2.75, 3.05) is 12.3 Å². The van der Waals surface area contributed by atoms with Crippen LogP contribution in [0.25, 0.3) is 11.2 Å². The minimum Gasteiger partial charge on any atom is -0.388 e. The number of ether oxygens (including phenoxy) is 2. The van der Waals surface area contributed by atoms with E-state index in [1.807, 2.05) is 0 Å². The van der Waals surface area contributed by atoms with Gasteiger partial charge in [0.25, 0.3) is 5.91 Å². The number of rotatable bonds is 6. The highest BCUT2D eigenvalue weighted by molar-refractivity contribution is 7.53. The largest absolute Gasteiger partial charge is 0.388 e. The summed E-state index contributed by atoms with van der Waals surface area (Å²) in [6, 6.07) is 0. The first-order valence-electron chi connectivity index (χ1n) is 7.59. The van der Waals surface area contributed by atoms with Gasteiger partial charge in [-0.2, -0.15) is 0 Å². The van der Waals surface area contributed by atoms with Gasteiger partial charge in [0.15, 0.2) is 17.7 Å². The molecule has 148 valence electrons. The fourth-order valence-electron chi connectivity index (χ4n) is 2.72. The number of amides is 1. The predicted octanol–water partition coefficient (Wildman–Crippen LogP) is -1.92. The first-order chi connectivity index (χ1) is 12.7. The molecule has 0 bridgehead atoms. The van der Waals surface area contributed by atoms with Crippen LogP contribution in [0.5, 0.6) is 0 Å². The summed E-state index contributed by atoms with van der Waals surface area (Å²) in [4.78, 5) is 41.6. The van der Waals surface area contributed by atoms with E-state index in [0.717, 1.165) is 5.48 Å². The molecule has 0 aromatic carbocycles. The molecule has 4 atom stereocenters. The van der Waals surface area contributed by atoms with Crippen LogP contribution in [0.3, 0.4) is 0 Å². The first-order valence-corrected chi connectivity index (χ1v) is 9.27. The molecule has 0 aliphatic carbocycles. The highest BCUT2D eigenvalue weighted by Crippen LogP contribution is 2.42. The predicted molar refractivity (Wildman–Crippen MR) is 86.0 cm³/mol. The Morgan fingerprint density at radius 1 is 1.48 bits per heavy atom. The minimum absolute atomic E-state index is 0.0551. The van der Waals surface area contributed by atoms with Crippen LogP contribution in [0.1, 0.15) is 12.6 Å². The Morgan fingerprint density at radius 3 is 2.89 bits per heavy atom. The van der Waals surface area contributed by atoms with Gasteiger partial charge in [-0.15, -0.1) is 0 Å². The summed E-state index contributed by atoms with van der Waals surface area (Å²) >= 11 is 0. The molecule has 0 radical (unpaired) electrons. The number of nitrogen functional groups attached to an aromatic ring is 1. The van der Waals surface area contributed by atoms with Gasteiger partial charge in [-0.05, 0) is 0 Å². The Kier molecular flexibility index (Phi) is 5.39. The molecule has 2 aromatic rings. The lowest BCUT2D eigenvalue weighted by molar-refractivity contribution is -0.139. The maximum absolute atomic E-state index is 11.4. The molecule has 7 N–H and O–H groups in total. The Bertz CT molecular complexity index is 886. The number of nitrogens with two attached hydrogens (primary N) is 1. The summed E-state index contributed by atoms with van der Waals surface area (Å²) in [5, 5.41) is 18.8. The van der Waals surface area contributed by atoms with Gasteiger partial charge in [-0.25, -0.2) is 20.4 Å². The number of anilines is 1. The van der Waals surface area contributed by atoms with E-state index in [4.69, 9.17) is 30.2 Å². The quantitative estimate of drug-likeness (QED) is 0.176. The summed E-state index contributed by atoms with van der Waals surface area (Å²) in [6.07, 6.45) is -0.0486. The number of imidazole rings is 1. The lowest BCUT2D eigenvalue weighted by Crippen LogP contribution is -2.36. The number of carbonyl (C=O) groups excluding carboxylic acids is 1. The van der Waals surface area contributed by atoms with Crippen molar-refractivity contribution in [3.63, 3.8) is 0 Å². The molecule has 14 nitrogen and oxygen atoms in total. The van der Waals surface area contributed by atoms with E-state index < -0.39 is 44.4 Å². The number of carbonyl (C=O) groups is 1. The smallest absolute Gasteiger partial charge is 0.363 e. The molecule has 3 rings (SSSR count). The van der Waals surface area contributed by atoms with Crippen molar-refractivity contribution in [3.05, 3.63) is 12.7 Å². The van der Waals surface area contributed by atoms with Gasteiger partial charge in [-0.3, -0.25) is 19.1 Å². The molecular weight excluding hydrogens is 387 g/mol. The van der Waals surface area contributed by atoms with Crippen molar-refractivity contribution in [3.8, 4) is 0 Å². The number of hydrogen-bond acceptors (Lipinski definition) is 10. The zero-order chi connectivity index (χ0) is 19.8. The third-order valence-corrected chi connectivity index (χ3v) is 4.90. The average molecular weight is 404 g/mol. The Hall–Kier alpha value is -2.19. The fraction of sp³-hybridized carbons (Fsp3) is 0.500. The number of aliphatic hydroxyl groups excluding tert-OH is 1. The van der Waals surface area contributed by atoms with Gasteiger partial charge >= 0.3 is 7.60 Å². The van der Waals surface area contributed by atoms with E-state index in [9.17, 15) is 14.5 Å². The Balaban J connectivity index is 1.72. The number of aromatic nitrogens is 4. The molecule has 0 saturated carbocycles. The first kappa shape index (κ1) is 19.6. The topological polar surface area (TPSA) is 215 Å². The second kappa shape index (κ2) is 7.44. The third-order valence-electron chi connectivity index (χ3n) is 3.91. The molecular formula is C12H17N6O8P. The molecule has 15 heteroatoms. The van der Waals surface area contributed by atoms with Crippen LogP contribution < -0.4 is 11.2 Å². The minimum atomic E-state index is -4.98. The van der Waals surface area contributed by atoms with Crippen molar-refractivity contribution < 1.29 is 38.9 Å². The van der Waals surface area contributed by atoms with E-state index in [2.05, 4.69) is 15.0 Å². The summed E-state index contributed by atoms with van der Waals surface area (Å²) < 4.78 is 23.3. The Morgan fingerprint density at radius 2 is 2.22 bits per heavy atom. The molecule has 3 heterocycles. The van der Waals surface area contributed by atoms with Crippen LogP contribution in [-0.2, 0) is 18.8 Å². The lowest BCUT2D eigenvalue weighted by atomic mass is 10.2. The molecule has 1 amide bonds. The molecule has 1 aliphatic rings. The highest BCUT2D eigenvalue weighted by atomic mass is 31.2. The highest BCUT2D eigenvalue weighted by Gasteiger charge is 2.41. The molecule has 27 heavy (non-hydrogen) atoms. The number of hydroxylamine groups is 1. The Labute approximate surface area is 151 Å². The van der Waals surface area contributed by atoms with Gasteiger partial charge in [0.1, 0.15) is 17.9 Å². The van der Waals surface area contributed by atoms with Gasteiger partial charge in [0, 0.05) is 6.42 Å². The van der Waals surface area contributed by atoms with Crippen molar-refractivity contribution in [2.24, 2.45) is 0 Å². The fourth-order valence-corrected chi connectivity index (χ4v) is 3.37. The van der Waals surface area contributed by atoms with Crippen LogP contribution in [0.2, 0.25) is 0 Å². The number of hydrogen-bond donors (Lipinski definition) is 6. The molecule has 0 spiro atoms. The SMILES string of the molecule is Nc1ncnc2c1ncn2[C@@H]1O[C@H](COC(C(=O)NO)P(=O)(O)O)C[C@H]1O. The number of nitrogens with one attached hydrogen (secondary N) is 1. The second-order valence-electron chi connectivity index (χ2n) is 5.79. The second-order valence-corrected chi connectivity index (χ2v) is 7.43. The normalized spacial score (nSPS) is 24.2. The summed E-state index contributed by atoms with van der Waals surface area (Å²) in [7, 11) is -4.98. The van der Waals surface area contributed by atoms with E-state index in [0.29, 0.717) is 11.2 Å². The standard InChI is InChI=1S/C12H17N6O8P/c13-8-7-9(15-3-14-8)18(4-16-7)11-6(19)1-5(26-11)2-25-12(10(20)17-21)27(22,23)24/h3-6,11-12,19,21H,1-2H2,(H,17,20)(H2,13,14,15)(H2,22,23,24)/t5-,6+,11+,12?/m0/s1. The van der Waals surface area contributed by atoms with Crippen molar-refractivity contribution in [1.29, 1.82) is 0 Å². The van der Waals surface area contributed by atoms with Gasteiger partial charge in [0.2, 0.25) is 5.85 Å². The summed E-state index contributed by atoms with van der Waals surface area (Å²) in [6.45, 7) is -0.416. The third kappa shape index (κ3) is 3.91. The maximum atomic E-state index is 11.4. The zero-order valence-corrected chi connectivity index (χ0v) is 14.5. The molecule has 1 unspecified atom stereocenters. The number of aliphatic hydroxyl groups is 1. The van der Waals surface area contributed by atoms with E-state index in [-0.39, 0.29) is 12.2 Å². The monoisotopic (exact) mass is 404 g/mol. The van der Waals surface area contributed by atoms with E-state index in [1.54, 1.807) is 0 Å². The molecule has 1 aliphatic heterocycles. The van der Waals surface area contributed by atoms with Crippen molar-refractivity contribution >= 4 is 30.5 Å². The van der Waals surface area contributed by atoms with E-state index in [1.165, 1.54) is 17.2 Å². The van der Waals surface area contributed by atoms with Crippen molar-refractivity contribution in [2.45, 2.75) is 30.7 Å². The summed E-state index contributed by atoms with van der Waals surface area (Å²) in [5.41, 5.74) is 7.50. The van der Waals surface area contributed by atoms with Crippen LogP contribution in [0.15, 0.2) is 12.7 Å². The molecule has 1 fully saturated rings. The van der Waals surface area contributed by atoms with Gasteiger partial charge in [0.05, 0.1) is 19.0 Å². The van der Waals surface area contributed by atoms with Crippen LogP contribution >= 0.6 is 7.60 Å². The van der Waals surface area contributed by atoms with Crippen LogP contribution in [-0.4, -0.2) is 70.2 Å². The van der Waals surface area contributed by atoms with Gasteiger partial charge < -0.3 is 30.1 Å². The maximum Gasteiger partial charge on any atom is 0.363 e. The van der Waals surface area contributed by atoms with E-state index >= 15 is 0 Å². The van der Waals surface area contributed by atoms with Crippen LogP contribution in [0, 0.1) is 0 Å². The zero-order valence-electron chi connectivity index (χ0n) is 13.6. The average Bonchev–Trinajstić information content (AvgIpc) is 3.17. The molecule has 2 aromatic heterocycles. The molecule has 1 saturated heterocycles. The van der Waals surface area contributed by atoms with Crippen LogP contribution in [0.4, 0.5) is 5.82 Å². The number of nitrogens with zero attached hydrogens (tertiary/aromatic N) is 4. The number of fused-ring (bicyclic) bond motifs is 1.